The number of nitrogens with zero attached hydrogens (tertiary/aromatic N) is 1. The number of rotatable bonds is 0. The van der Waals surface area contributed by atoms with Crippen LogP contribution in [0.1, 0.15) is 19.3 Å². The van der Waals surface area contributed by atoms with Gasteiger partial charge in [0.2, 0.25) is 0 Å². The van der Waals surface area contributed by atoms with Gasteiger partial charge in [-0.2, -0.15) is 0 Å². The average molecular weight is 177 g/mol. The summed E-state index contributed by atoms with van der Waals surface area (Å²) in [6.07, 6.45) is 3.95. The molecule has 10 heavy (non-hydrogen) atoms. The lowest BCUT2D eigenvalue weighted by atomic mass is 10.1. The maximum Gasteiger partial charge on any atom is 0.570 e. The minimum absolute atomic E-state index is 0.958. The molecule has 1 aliphatic heterocycles. The summed E-state index contributed by atoms with van der Waals surface area (Å²) in [6, 6.07) is 0. The van der Waals surface area contributed by atoms with Crippen LogP contribution in [-0.2, 0) is 12.2 Å². The van der Waals surface area contributed by atoms with Crippen molar-refractivity contribution >= 4 is 28.5 Å². The molecule has 1 heterocycles. The van der Waals surface area contributed by atoms with Crippen LogP contribution in [0.3, 0.4) is 0 Å². The molecule has 2 nitrogen and oxygen atoms in total. The largest absolute Gasteiger partial charge is 0.570 e. The third-order valence-corrected chi connectivity index (χ3v) is 2.85. The van der Waals surface area contributed by atoms with Gasteiger partial charge in [-0.25, -0.2) is 0 Å². The van der Waals surface area contributed by atoms with Gasteiger partial charge in [0.25, 0.3) is 0 Å². The number of piperidine rings is 1. The van der Waals surface area contributed by atoms with Gasteiger partial charge in [0.05, 0.1) is 0 Å². The van der Waals surface area contributed by atoms with Crippen molar-refractivity contribution in [3.8, 4) is 0 Å². The van der Waals surface area contributed by atoms with Crippen molar-refractivity contribution in [1.29, 1.82) is 0 Å². The Morgan fingerprint density at radius 3 is 2.40 bits per heavy atom. The van der Waals surface area contributed by atoms with Crippen LogP contribution in [0.5, 0.6) is 0 Å². The Balaban J connectivity index is 2.31. The van der Waals surface area contributed by atoms with E-state index < -0.39 is 0 Å². The van der Waals surface area contributed by atoms with E-state index in [4.69, 9.17) is 12.2 Å². The van der Waals surface area contributed by atoms with Gasteiger partial charge >= 0.3 is 16.5 Å². The predicted octanol–water partition coefficient (Wildman–Crippen LogP) is -0.00330. The number of thiocarbonyl (C=S) groups is 1. The SMILES string of the molecule is [NH3+]SC(=[S+])N1CCCCC1. The first-order valence-electron chi connectivity index (χ1n) is 3.55. The molecule has 1 radical (unpaired) electrons. The molecule has 0 unspecified atom stereocenters. The summed E-state index contributed by atoms with van der Waals surface area (Å²) in [5, 5.41) is 3.69. The summed E-state index contributed by atoms with van der Waals surface area (Å²) in [5.41, 5.74) is 0. The molecule has 0 bridgehead atoms. The van der Waals surface area contributed by atoms with E-state index in [1.165, 1.54) is 31.2 Å². The van der Waals surface area contributed by atoms with Crippen LogP contribution < -0.4 is 5.14 Å². The molecule has 0 aliphatic carbocycles. The van der Waals surface area contributed by atoms with E-state index in [-0.39, 0.29) is 0 Å². The number of quaternary nitrogens is 1. The molecular formula is C6H13N2S2+2. The van der Waals surface area contributed by atoms with Crippen molar-refractivity contribution in [3.05, 3.63) is 0 Å². The lowest BCUT2D eigenvalue weighted by molar-refractivity contribution is -0.134. The third kappa shape index (κ3) is 2.11. The molecule has 3 N–H and O–H groups in total. The summed E-state index contributed by atoms with van der Waals surface area (Å²) in [4.78, 5) is 2.25. The van der Waals surface area contributed by atoms with E-state index in [0.29, 0.717) is 0 Å². The highest BCUT2D eigenvalue weighted by molar-refractivity contribution is 8.14. The molecule has 1 aliphatic rings. The summed E-state index contributed by atoms with van der Waals surface area (Å²) >= 11 is 6.54. The first kappa shape index (κ1) is 8.30. The van der Waals surface area contributed by atoms with Crippen molar-refractivity contribution in [2.75, 3.05) is 13.1 Å². The summed E-state index contributed by atoms with van der Waals surface area (Å²) in [7, 11) is 0. The highest BCUT2D eigenvalue weighted by atomic mass is 32.2. The maximum atomic E-state index is 5.10. The number of likely N-dealkylation sites (tertiary alicyclic amines) is 1. The van der Waals surface area contributed by atoms with E-state index in [1.54, 1.807) is 0 Å². The molecule has 0 spiro atoms. The van der Waals surface area contributed by atoms with Gasteiger partial charge in [-0.05, 0) is 19.3 Å². The van der Waals surface area contributed by atoms with Crippen molar-refractivity contribution in [3.63, 3.8) is 0 Å². The Kier molecular flexibility index (Phi) is 3.45. The molecule has 57 valence electrons. The second-order valence-corrected chi connectivity index (χ2v) is 3.78. The number of hydrogen-bond donors (Lipinski definition) is 1. The highest BCUT2D eigenvalue weighted by Crippen LogP contribution is 2.10. The van der Waals surface area contributed by atoms with Crippen LogP contribution >= 0.6 is 11.9 Å². The predicted molar refractivity (Wildman–Crippen MR) is 48.3 cm³/mol. The van der Waals surface area contributed by atoms with Crippen molar-refractivity contribution in [2.45, 2.75) is 19.3 Å². The second kappa shape index (κ2) is 4.16. The lowest BCUT2D eigenvalue weighted by Gasteiger charge is -2.21. The van der Waals surface area contributed by atoms with Gasteiger partial charge in [0.15, 0.2) is 11.9 Å². The molecule has 0 atom stereocenters. The normalized spacial score (nSPS) is 19.1. The zero-order valence-corrected chi connectivity index (χ0v) is 7.64. The fourth-order valence-electron chi connectivity index (χ4n) is 1.17. The Morgan fingerprint density at radius 1 is 1.30 bits per heavy atom. The van der Waals surface area contributed by atoms with Crippen molar-refractivity contribution < 1.29 is 5.14 Å². The first-order valence-corrected chi connectivity index (χ1v) is 4.95. The van der Waals surface area contributed by atoms with E-state index in [1.807, 2.05) is 0 Å². The Labute approximate surface area is 71.3 Å². The molecule has 1 rings (SSSR count). The van der Waals surface area contributed by atoms with Crippen LogP contribution in [0.25, 0.3) is 0 Å². The smallest absolute Gasteiger partial charge is 0.309 e. The van der Waals surface area contributed by atoms with Gasteiger partial charge in [-0.3, -0.25) is 5.14 Å². The van der Waals surface area contributed by atoms with Crippen LogP contribution in [0.4, 0.5) is 0 Å². The Morgan fingerprint density at radius 2 is 1.90 bits per heavy atom. The van der Waals surface area contributed by atoms with Crippen LogP contribution in [0.2, 0.25) is 0 Å². The standard InChI is InChI=1S/C6H12N2S2/c7-10-6(9)8-4-2-1-3-5-8/h1-5,7H2/q+1/p+1. The molecular weight excluding hydrogens is 164 g/mol. The molecule has 0 saturated carbocycles. The third-order valence-electron chi connectivity index (χ3n) is 1.74. The fraction of sp³-hybridized carbons (Fsp3) is 0.833. The first-order chi connectivity index (χ1) is 4.84. The minimum atomic E-state index is 0.958. The van der Waals surface area contributed by atoms with Crippen LogP contribution in [-0.4, -0.2) is 22.3 Å². The van der Waals surface area contributed by atoms with E-state index >= 15 is 0 Å². The molecule has 1 saturated heterocycles. The quantitative estimate of drug-likeness (QED) is 0.321. The molecule has 0 amide bonds. The summed E-state index contributed by atoms with van der Waals surface area (Å²) in [6.45, 7) is 2.28. The van der Waals surface area contributed by atoms with Crippen molar-refractivity contribution in [2.24, 2.45) is 0 Å². The zero-order valence-electron chi connectivity index (χ0n) is 6.01. The van der Waals surface area contributed by atoms with E-state index in [0.717, 1.165) is 17.4 Å². The Hall–Kier alpha value is 0.200. The topological polar surface area (TPSA) is 30.9 Å². The molecule has 0 aromatic heterocycles. The summed E-state index contributed by atoms with van der Waals surface area (Å²) < 4.78 is 0.958. The molecule has 0 aromatic carbocycles. The lowest BCUT2D eigenvalue weighted by Crippen LogP contribution is -2.45. The van der Waals surface area contributed by atoms with E-state index in [2.05, 4.69) is 10.0 Å². The molecule has 4 heteroatoms. The van der Waals surface area contributed by atoms with Crippen LogP contribution in [0, 0.1) is 0 Å². The van der Waals surface area contributed by atoms with E-state index in [9.17, 15) is 0 Å². The van der Waals surface area contributed by atoms with Gasteiger partial charge in [-0.1, -0.05) is 0 Å². The monoisotopic (exact) mass is 177 g/mol. The van der Waals surface area contributed by atoms with Gasteiger partial charge in [-0.15, -0.1) is 0 Å². The van der Waals surface area contributed by atoms with Crippen LogP contribution in [0.15, 0.2) is 0 Å². The highest BCUT2D eigenvalue weighted by Gasteiger charge is 2.23. The van der Waals surface area contributed by atoms with Gasteiger partial charge in [0, 0.05) is 13.1 Å². The molecule has 0 aromatic rings. The van der Waals surface area contributed by atoms with Crippen molar-refractivity contribution in [1.82, 2.24) is 4.90 Å². The number of hydrogen-bond acceptors (Lipinski definition) is 2. The zero-order chi connectivity index (χ0) is 7.40. The minimum Gasteiger partial charge on any atom is -0.309 e. The average Bonchev–Trinajstić information content (AvgIpc) is 2.05. The summed E-state index contributed by atoms with van der Waals surface area (Å²) in [5.74, 6) is 0. The fourth-order valence-corrected chi connectivity index (χ4v) is 1.72. The second-order valence-electron chi connectivity index (χ2n) is 2.46. The molecule has 1 fully saturated rings. The van der Waals surface area contributed by atoms with Gasteiger partial charge in [0.1, 0.15) is 0 Å². The maximum absolute atomic E-state index is 5.10. The Bertz CT molecular complexity index is 121. The van der Waals surface area contributed by atoms with Gasteiger partial charge < -0.3 is 4.90 Å².